The summed E-state index contributed by atoms with van der Waals surface area (Å²) in [6.07, 6.45) is -3.60. The molecule has 1 aromatic rings. The second-order valence-corrected chi connectivity index (χ2v) is 5.86. The van der Waals surface area contributed by atoms with Crippen molar-refractivity contribution in [1.82, 2.24) is 14.8 Å². The van der Waals surface area contributed by atoms with Gasteiger partial charge in [-0.15, -0.1) is 17.5 Å². The number of aromatic nitrogens is 3. The Morgan fingerprint density at radius 3 is 2.64 bits per heavy atom. The number of carbonyl (C=O) groups excluding carboxylic acids is 2. The molecule has 1 amide bonds. The van der Waals surface area contributed by atoms with Crippen molar-refractivity contribution in [3.63, 3.8) is 0 Å². The number of aliphatic hydroxyl groups excluding tert-OH is 2. The third-order valence-electron chi connectivity index (χ3n) is 3.71. The van der Waals surface area contributed by atoms with Gasteiger partial charge in [0.2, 0.25) is 5.82 Å². The van der Waals surface area contributed by atoms with Gasteiger partial charge in [-0.05, 0) is 5.92 Å². The first-order chi connectivity index (χ1) is 11.2. The molecule has 0 radical (unpaired) electrons. The molecule has 2 heterocycles. The lowest BCUT2D eigenvalue weighted by atomic mass is 10.1. The monoisotopic (exact) mass is 381 g/mol. The van der Waals surface area contributed by atoms with Crippen LogP contribution in [0.15, 0.2) is 6.33 Å². The highest BCUT2D eigenvalue weighted by Crippen LogP contribution is 2.29. The van der Waals surface area contributed by atoms with Gasteiger partial charge in [-0.2, -0.15) is 0 Å². The second-order valence-electron chi connectivity index (χ2n) is 5.86. The van der Waals surface area contributed by atoms with Crippen molar-refractivity contribution in [3.05, 3.63) is 12.2 Å². The third-order valence-corrected chi connectivity index (χ3v) is 3.71. The van der Waals surface area contributed by atoms with Crippen LogP contribution in [0, 0.1) is 5.92 Å². The molecule has 25 heavy (non-hydrogen) atoms. The summed E-state index contributed by atoms with van der Waals surface area (Å²) in [5, 5.41) is 23.8. The van der Waals surface area contributed by atoms with Gasteiger partial charge in [0.25, 0.3) is 5.91 Å². The molecule has 2 rings (SSSR count). The van der Waals surface area contributed by atoms with Crippen LogP contribution in [-0.2, 0) is 14.3 Å². The molecule has 5 atom stereocenters. The Morgan fingerprint density at radius 1 is 1.48 bits per heavy atom. The van der Waals surface area contributed by atoms with E-state index in [2.05, 4.69) is 10.1 Å². The highest BCUT2D eigenvalue weighted by atomic mass is 35.5. The van der Waals surface area contributed by atoms with Crippen molar-refractivity contribution < 1.29 is 29.3 Å². The molecule has 0 spiro atoms. The summed E-state index contributed by atoms with van der Waals surface area (Å²) < 4.78 is 11.5. The van der Waals surface area contributed by atoms with E-state index in [4.69, 9.17) is 20.9 Å². The van der Waals surface area contributed by atoms with Gasteiger partial charge >= 0.3 is 5.97 Å². The van der Waals surface area contributed by atoms with Gasteiger partial charge in [0, 0.05) is 0 Å². The van der Waals surface area contributed by atoms with E-state index in [1.807, 2.05) is 0 Å². The maximum atomic E-state index is 11.7. The number of halogens is 1. The van der Waals surface area contributed by atoms with Gasteiger partial charge < -0.3 is 31.2 Å². The topological polar surface area (TPSA) is 176 Å². The fraction of sp³-hybridized carbons (Fsp3) is 0.692. The molecule has 1 saturated heterocycles. The molecule has 0 saturated carbocycles. The number of carbonyl (C=O) groups is 2. The van der Waals surface area contributed by atoms with E-state index in [0.717, 1.165) is 11.0 Å². The van der Waals surface area contributed by atoms with Crippen LogP contribution < -0.4 is 11.5 Å². The number of aliphatic hydroxyl groups is 2. The molecule has 0 unspecified atom stereocenters. The van der Waals surface area contributed by atoms with Gasteiger partial charge in [-0.1, -0.05) is 13.8 Å². The average Bonchev–Trinajstić information content (AvgIpc) is 3.11. The average molecular weight is 382 g/mol. The van der Waals surface area contributed by atoms with Gasteiger partial charge in [0.15, 0.2) is 6.23 Å². The summed E-state index contributed by atoms with van der Waals surface area (Å²) >= 11 is 0. The highest BCUT2D eigenvalue weighted by molar-refractivity contribution is 5.88. The highest BCUT2D eigenvalue weighted by Gasteiger charge is 2.45. The van der Waals surface area contributed by atoms with E-state index >= 15 is 0 Å². The molecule has 0 aromatic carbocycles. The fourth-order valence-corrected chi connectivity index (χ4v) is 2.13. The Labute approximate surface area is 149 Å². The maximum absolute atomic E-state index is 11.7. The van der Waals surface area contributed by atoms with Crippen molar-refractivity contribution in [2.75, 3.05) is 6.61 Å². The number of rotatable bonds is 6. The van der Waals surface area contributed by atoms with Crippen LogP contribution in [0.25, 0.3) is 0 Å². The molecule has 1 aromatic heterocycles. The summed E-state index contributed by atoms with van der Waals surface area (Å²) in [6.45, 7) is 3.26. The van der Waals surface area contributed by atoms with Crippen LogP contribution in [-0.4, -0.2) is 67.8 Å². The lowest BCUT2D eigenvalue weighted by molar-refractivity contribution is -0.152. The number of hydrogen-bond donors (Lipinski definition) is 4. The van der Waals surface area contributed by atoms with E-state index in [0.29, 0.717) is 0 Å². The zero-order valence-corrected chi connectivity index (χ0v) is 14.5. The molecule has 1 fully saturated rings. The summed E-state index contributed by atoms with van der Waals surface area (Å²) in [6, 6.07) is -0.794. The first-order valence-electron chi connectivity index (χ1n) is 7.37. The minimum absolute atomic E-state index is 0. The largest absolute Gasteiger partial charge is 0.462 e. The van der Waals surface area contributed by atoms with E-state index in [1.54, 1.807) is 13.8 Å². The summed E-state index contributed by atoms with van der Waals surface area (Å²) in [4.78, 5) is 26.4. The lowest BCUT2D eigenvalue weighted by Crippen LogP contribution is -2.40. The van der Waals surface area contributed by atoms with Crippen molar-refractivity contribution in [2.24, 2.45) is 17.4 Å². The van der Waals surface area contributed by atoms with E-state index in [1.165, 1.54) is 0 Å². The zero-order valence-electron chi connectivity index (χ0n) is 13.7. The molecular formula is C13H22ClN5O6. The Bertz CT molecular complexity index is 611. The first-order valence-corrected chi connectivity index (χ1v) is 7.37. The summed E-state index contributed by atoms with van der Waals surface area (Å²) in [5.41, 5.74) is 10.7. The molecule has 11 nitrogen and oxygen atoms in total. The quantitative estimate of drug-likeness (QED) is 0.403. The molecule has 0 aliphatic carbocycles. The van der Waals surface area contributed by atoms with Crippen molar-refractivity contribution >= 4 is 24.3 Å². The van der Waals surface area contributed by atoms with E-state index in [9.17, 15) is 19.8 Å². The van der Waals surface area contributed by atoms with Crippen LogP contribution in [0.3, 0.4) is 0 Å². The Hall–Kier alpha value is -1.79. The number of primary amides is 1. The Morgan fingerprint density at radius 2 is 2.12 bits per heavy atom. The standard InChI is InChI=1S/C13H21N5O6.ClH/c1-5(2)7(14)13(22)23-3-6-8(19)9(20)12(24-6)18-4-16-11(17-18)10(15)21;/h4-9,12,19-20H,3,14H2,1-2H3,(H2,15,21);1H/t6-,7-,8-,9-,12-;/m0./s1/i10+2;. The van der Waals surface area contributed by atoms with Gasteiger partial charge in [0.1, 0.15) is 37.3 Å². The SMILES string of the molecule is CC(C)[C@H](N)C(=O)OC[C@@H]1O[C@H](n2cnc([14C](N)=O)n2)[C@@H](O)[C@H]1O.Cl. The van der Waals surface area contributed by atoms with Gasteiger partial charge in [-0.3, -0.25) is 9.59 Å². The molecular weight excluding hydrogens is 360 g/mol. The summed E-state index contributed by atoms with van der Waals surface area (Å²) in [5.74, 6) is -1.82. The van der Waals surface area contributed by atoms with Crippen LogP contribution in [0.2, 0.25) is 0 Å². The minimum atomic E-state index is -1.35. The summed E-state index contributed by atoms with van der Waals surface area (Å²) in [7, 11) is 0. The Balaban J connectivity index is 0.00000312. The van der Waals surface area contributed by atoms with Crippen LogP contribution in [0.4, 0.5) is 0 Å². The zero-order chi connectivity index (χ0) is 18.0. The molecule has 142 valence electrons. The molecule has 12 heteroatoms. The third kappa shape index (κ3) is 4.64. The number of hydrogen-bond acceptors (Lipinski definition) is 9. The predicted molar refractivity (Wildman–Crippen MR) is 85.5 cm³/mol. The van der Waals surface area contributed by atoms with Crippen molar-refractivity contribution in [1.29, 1.82) is 0 Å². The lowest BCUT2D eigenvalue weighted by Gasteiger charge is -2.18. The van der Waals surface area contributed by atoms with E-state index in [-0.39, 0.29) is 30.8 Å². The smallest absolute Gasteiger partial charge is 0.323 e. The number of amides is 1. The number of nitrogens with zero attached hydrogens (tertiary/aromatic N) is 3. The number of nitrogens with two attached hydrogens (primary N) is 2. The number of ether oxygens (including phenoxy) is 2. The van der Waals surface area contributed by atoms with Gasteiger partial charge in [0.05, 0.1) is 0 Å². The normalized spacial score (nSPS) is 27.0. The minimum Gasteiger partial charge on any atom is -0.462 e. The number of esters is 1. The fourth-order valence-electron chi connectivity index (χ4n) is 2.13. The first kappa shape index (κ1) is 21.3. The maximum Gasteiger partial charge on any atom is 0.323 e. The molecule has 1 aliphatic heterocycles. The van der Waals surface area contributed by atoms with Gasteiger partial charge in [-0.25, -0.2) is 9.67 Å². The van der Waals surface area contributed by atoms with Crippen LogP contribution in [0.1, 0.15) is 30.7 Å². The van der Waals surface area contributed by atoms with Crippen LogP contribution in [0.5, 0.6) is 0 Å². The van der Waals surface area contributed by atoms with Crippen LogP contribution >= 0.6 is 12.4 Å². The van der Waals surface area contributed by atoms with E-state index < -0.39 is 42.5 Å². The molecule has 6 N–H and O–H groups in total. The Kier molecular flexibility index (Phi) is 7.26. The predicted octanol–water partition coefficient (Wildman–Crippen LogP) is -2.06. The molecule has 0 bridgehead atoms. The molecule has 1 aliphatic rings. The van der Waals surface area contributed by atoms with Crippen molar-refractivity contribution in [2.45, 2.75) is 44.4 Å². The second kappa shape index (κ2) is 8.54. The van der Waals surface area contributed by atoms with Crippen molar-refractivity contribution in [3.8, 4) is 0 Å².